The molecule has 0 amide bonds. The largest absolute Gasteiger partial charge is 0.476 e. The molecule has 3 heterocycles. The van der Waals surface area contributed by atoms with Crippen LogP contribution in [0.1, 0.15) is 78.7 Å². The molecule has 1 atom stereocenters. The van der Waals surface area contributed by atoms with Crippen LogP contribution in [0.15, 0.2) is 42.6 Å². The van der Waals surface area contributed by atoms with Gasteiger partial charge in [-0.3, -0.25) is 4.98 Å². The van der Waals surface area contributed by atoms with Crippen LogP contribution >= 0.6 is 0 Å². The van der Waals surface area contributed by atoms with Crippen LogP contribution in [0.3, 0.4) is 0 Å². The van der Waals surface area contributed by atoms with Gasteiger partial charge in [-0.25, -0.2) is 14.8 Å². The summed E-state index contributed by atoms with van der Waals surface area (Å²) in [5.41, 5.74) is 2.93. The van der Waals surface area contributed by atoms with Gasteiger partial charge in [0.05, 0.1) is 11.1 Å². The van der Waals surface area contributed by atoms with Gasteiger partial charge in [-0.05, 0) is 73.9 Å². The molecule has 1 saturated carbocycles. The summed E-state index contributed by atoms with van der Waals surface area (Å²) < 4.78 is 41.6. The van der Waals surface area contributed by atoms with Crippen molar-refractivity contribution in [1.29, 1.82) is 0 Å². The highest BCUT2D eigenvalue weighted by atomic mass is 19.4. The third-order valence-electron chi connectivity index (χ3n) is 7.85. The second-order valence-electron chi connectivity index (χ2n) is 10.9. The minimum Gasteiger partial charge on any atom is -0.476 e. The quantitative estimate of drug-likeness (QED) is 0.239. The maximum Gasteiger partial charge on any atom is 0.416 e. The van der Waals surface area contributed by atoms with Crippen molar-refractivity contribution in [2.75, 3.05) is 5.32 Å². The van der Waals surface area contributed by atoms with E-state index in [2.05, 4.69) is 36.1 Å². The predicted octanol–water partition coefficient (Wildman–Crippen LogP) is 7.29. The SMILES string of the molecule is Cc1c(C(=O)O)nc(N[C@@H](C)C2CCC2)c2c1nc(-c1cc(C(C)C)ccn1)n2Cc1ccc(C(F)(F)F)cc1. The van der Waals surface area contributed by atoms with Crippen LogP contribution in [0, 0.1) is 12.8 Å². The van der Waals surface area contributed by atoms with Gasteiger partial charge in [0.1, 0.15) is 11.2 Å². The summed E-state index contributed by atoms with van der Waals surface area (Å²) in [6.45, 7) is 8.07. The van der Waals surface area contributed by atoms with Crippen LogP contribution in [0.25, 0.3) is 22.6 Å². The Bertz CT molecular complexity index is 1560. The van der Waals surface area contributed by atoms with Gasteiger partial charge in [0.2, 0.25) is 0 Å². The number of carbonyl (C=O) groups is 1. The Balaban J connectivity index is 1.73. The summed E-state index contributed by atoms with van der Waals surface area (Å²) in [5, 5.41) is 13.4. The van der Waals surface area contributed by atoms with E-state index >= 15 is 0 Å². The van der Waals surface area contributed by atoms with Crippen molar-refractivity contribution in [3.05, 3.63) is 70.5 Å². The fourth-order valence-corrected chi connectivity index (χ4v) is 5.16. The molecule has 7 nitrogen and oxygen atoms in total. The van der Waals surface area contributed by atoms with E-state index in [1.807, 2.05) is 16.7 Å². The van der Waals surface area contributed by atoms with Gasteiger partial charge in [0, 0.05) is 24.3 Å². The molecule has 1 aliphatic carbocycles. The Morgan fingerprint density at radius 1 is 1.12 bits per heavy atom. The lowest BCUT2D eigenvalue weighted by Gasteiger charge is -2.32. The predicted molar refractivity (Wildman–Crippen MR) is 148 cm³/mol. The van der Waals surface area contributed by atoms with Crippen molar-refractivity contribution >= 4 is 22.8 Å². The van der Waals surface area contributed by atoms with E-state index in [4.69, 9.17) is 4.98 Å². The van der Waals surface area contributed by atoms with E-state index < -0.39 is 17.7 Å². The summed E-state index contributed by atoms with van der Waals surface area (Å²) in [5.74, 6) is 0.406. The molecular weight excluding hydrogens is 519 g/mol. The molecule has 0 bridgehead atoms. The summed E-state index contributed by atoms with van der Waals surface area (Å²) in [4.78, 5) is 26.2. The summed E-state index contributed by atoms with van der Waals surface area (Å²) in [6, 6.07) is 8.96. The zero-order valence-electron chi connectivity index (χ0n) is 22.9. The smallest absolute Gasteiger partial charge is 0.416 e. The number of alkyl halides is 3. The third-order valence-corrected chi connectivity index (χ3v) is 7.85. The third kappa shape index (κ3) is 5.26. The van der Waals surface area contributed by atoms with E-state index in [9.17, 15) is 23.1 Å². The van der Waals surface area contributed by atoms with Crippen molar-refractivity contribution in [3.63, 3.8) is 0 Å². The molecule has 40 heavy (non-hydrogen) atoms. The molecule has 3 aromatic heterocycles. The molecule has 0 unspecified atom stereocenters. The topological polar surface area (TPSA) is 92.9 Å². The number of hydrogen-bond donors (Lipinski definition) is 2. The Hall–Kier alpha value is -3.95. The van der Waals surface area contributed by atoms with Gasteiger partial charge in [0.15, 0.2) is 17.3 Å². The number of hydrogen-bond acceptors (Lipinski definition) is 5. The normalized spacial score (nSPS) is 14.9. The minimum absolute atomic E-state index is 0.0501. The monoisotopic (exact) mass is 551 g/mol. The van der Waals surface area contributed by atoms with Crippen molar-refractivity contribution in [2.45, 2.75) is 71.6 Å². The van der Waals surface area contributed by atoms with Gasteiger partial charge in [-0.2, -0.15) is 13.2 Å². The number of aromatic carboxylic acids is 1. The number of imidazole rings is 1. The molecule has 2 N–H and O–H groups in total. The highest BCUT2D eigenvalue weighted by molar-refractivity contribution is 5.99. The number of carboxylic acid groups (broad SMARTS) is 1. The van der Waals surface area contributed by atoms with Crippen LogP contribution in [0.5, 0.6) is 0 Å². The highest BCUT2D eigenvalue weighted by Gasteiger charge is 2.31. The maximum absolute atomic E-state index is 13.2. The molecule has 4 aromatic rings. The van der Waals surface area contributed by atoms with Crippen LogP contribution < -0.4 is 5.32 Å². The van der Waals surface area contributed by atoms with Gasteiger partial charge < -0.3 is 15.0 Å². The number of pyridine rings is 2. The Kier molecular flexibility index (Phi) is 7.29. The average molecular weight is 552 g/mol. The first-order valence-electron chi connectivity index (χ1n) is 13.5. The summed E-state index contributed by atoms with van der Waals surface area (Å²) >= 11 is 0. The summed E-state index contributed by atoms with van der Waals surface area (Å²) in [7, 11) is 0. The van der Waals surface area contributed by atoms with Crippen molar-refractivity contribution in [3.8, 4) is 11.5 Å². The molecule has 1 aliphatic rings. The molecule has 1 aromatic carbocycles. The number of nitrogens with one attached hydrogen (secondary N) is 1. The van der Waals surface area contributed by atoms with E-state index in [1.54, 1.807) is 13.1 Å². The number of fused-ring (bicyclic) bond motifs is 1. The number of rotatable bonds is 8. The lowest BCUT2D eigenvalue weighted by Crippen LogP contribution is -2.31. The molecular formula is C30H32F3N5O2. The van der Waals surface area contributed by atoms with E-state index in [1.165, 1.54) is 12.1 Å². The molecule has 10 heteroatoms. The molecule has 0 radical (unpaired) electrons. The van der Waals surface area contributed by atoms with Crippen molar-refractivity contribution in [2.24, 2.45) is 5.92 Å². The van der Waals surface area contributed by atoms with Gasteiger partial charge in [0.25, 0.3) is 0 Å². The zero-order chi connectivity index (χ0) is 28.8. The highest BCUT2D eigenvalue weighted by Crippen LogP contribution is 2.36. The first kappa shape index (κ1) is 27.6. The number of aromatic nitrogens is 4. The van der Waals surface area contributed by atoms with E-state index in [0.717, 1.165) is 37.0 Å². The fourth-order valence-electron chi connectivity index (χ4n) is 5.16. The minimum atomic E-state index is -4.43. The Labute approximate surface area is 230 Å². The number of nitrogens with zero attached hydrogens (tertiary/aromatic N) is 4. The van der Waals surface area contributed by atoms with E-state index in [0.29, 0.717) is 45.4 Å². The molecule has 0 aliphatic heterocycles. The number of benzene rings is 1. The second-order valence-corrected chi connectivity index (χ2v) is 10.9. The molecule has 0 spiro atoms. The Morgan fingerprint density at radius 2 is 1.82 bits per heavy atom. The van der Waals surface area contributed by atoms with Crippen molar-refractivity contribution < 1.29 is 23.1 Å². The number of anilines is 1. The molecule has 1 fully saturated rings. The first-order chi connectivity index (χ1) is 18.9. The van der Waals surface area contributed by atoms with Crippen LogP contribution in [-0.2, 0) is 12.7 Å². The average Bonchev–Trinajstić information content (AvgIpc) is 3.24. The fraction of sp³-hybridized carbons (Fsp3) is 0.400. The molecule has 5 rings (SSSR count). The lowest BCUT2D eigenvalue weighted by molar-refractivity contribution is -0.137. The van der Waals surface area contributed by atoms with E-state index in [-0.39, 0.29) is 24.2 Å². The van der Waals surface area contributed by atoms with Crippen LogP contribution in [0.2, 0.25) is 0 Å². The molecule has 0 saturated heterocycles. The number of aryl methyl sites for hydroxylation is 1. The Morgan fingerprint density at radius 3 is 2.40 bits per heavy atom. The van der Waals surface area contributed by atoms with Gasteiger partial charge in [-0.15, -0.1) is 0 Å². The van der Waals surface area contributed by atoms with Crippen molar-refractivity contribution in [1.82, 2.24) is 19.5 Å². The van der Waals surface area contributed by atoms with Crippen LogP contribution in [-0.4, -0.2) is 36.6 Å². The van der Waals surface area contributed by atoms with Gasteiger partial charge >= 0.3 is 12.1 Å². The number of carboxylic acids is 1. The second kappa shape index (κ2) is 10.6. The zero-order valence-corrected chi connectivity index (χ0v) is 22.9. The van der Waals surface area contributed by atoms with Crippen LogP contribution in [0.4, 0.5) is 19.0 Å². The standard InChI is InChI=1S/C30H32F3N5O2/c1-16(2)21-12-13-34-23(14-21)28-37-24-17(3)25(29(39)40)36-27(35-18(4)20-6-5-7-20)26(24)38(28)15-19-8-10-22(11-9-19)30(31,32)33/h8-14,16,18,20H,5-7,15H2,1-4H3,(H,35,36)(H,39,40)/t18-/m0/s1. The first-order valence-corrected chi connectivity index (χ1v) is 13.5. The lowest BCUT2D eigenvalue weighted by atomic mass is 9.80. The summed E-state index contributed by atoms with van der Waals surface area (Å²) in [6.07, 6.45) is 0.587. The molecule has 210 valence electrons. The van der Waals surface area contributed by atoms with Gasteiger partial charge in [-0.1, -0.05) is 32.4 Å². The number of halogens is 3. The maximum atomic E-state index is 13.2.